The number of ether oxygens (including phenoxy) is 1. The lowest BCUT2D eigenvalue weighted by molar-refractivity contribution is 0.114. The van der Waals surface area contributed by atoms with Gasteiger partial charge in [0.1, 0.15) is 0 Å². The second kappa shape index (κ2) is 9.40. The van der Waals surface area contributed by atoms with E-state index in [-0.39, 0.29) is 6.04 Å². The van der Waals surface area contributed by atoms with Crippen LogP contribution in [0.2, 0.25) is 19.6 Å². The summed E-state index contributed by atoms with van der Waals surface area (Å²) in [6, 6.07) is 10.1. The van der Waals surface area contributed by atoms with Gasteiger partial charge in [-0.1, -0.05) is 66.9 Å². The molecule has 0 fully saturated rings. The Morgan fingerprint density at radius 2 is 2.00 bits per heavy atom. The van der Waals surface area contributed by atoms with E-state index in [1.54, 1.807) is 0 Å². The van der Waals surface area contributed by atoms with E-state index in [0.717, 1.165) is 18.4 Å². The van der Waals surface area contributed by atoms with Crippen LogP contribution in [0.1, 0.15) is 18.4 Å². The van der Waals surface area contributed by atoms with Gasteiger partial charge in [-0.2, -0.15) is 0 Å². The first kappa shape index (κ1) is 17.5. The van der Waals surface area contributed by atoms with Gasteiger partial charge in [-0.3, -0.25) is 0 Å². The zero-order valence-corrected chi connectivity index (χ0v) is 14.2. The predicted molar refractivity (Wildman–Crippen MR) is 90.8 cm³/mol. The fourth-order valence-electron chi connectivity index (χ4n) is 1.86. The molecule has 0 aliphatic heterocycles. The number of hydrogen-bond donors (Lipinski definition) is 0. The number of rotatable bonds is 9. The molecule has 1 unspecified atom stereocenters. The lowest BCUT2D eigenvalue weighted by atomic mass is 10.1. The van der Waals surface area contributed by atoms with Crippen molar-refractivity contribution in [3.05, 3.63) is 58.1 Å². The molecule has 0 bridgehead atoms. The molecule has 114 valence electrons. The van der Waals surface area contributed by atoms with E-state index in [2.05, 4.69) is 41.4 Å². The average molecular weight is 303 g/mol. The van der Waals surface area contributed by atoms with Gasteiger partial charge >= 0.3 is 0 Å². The predicted octanol–water partition coefficient (Wildman–Crippen LogP) is 5.10. The van der Waals surface area contributed by atoms with Crippen LogP contribution < -0.4 is 0 Å². The Hall–Kier alpha value is -1.55. The van der Waals surface area contributed by atoms with Crippen LogP contribution in [-0.4, -0.2) is 20.7 Å². The molecule has 0 aliphatic rings. The first-order valence-electron chi connectivity index (χ1n) is 7.35. The molecule has 0 aromatic heterocycles. The molecule has 0 heterocycles. The molecule has 0 amide bonds. The van der Waals surface area contributed by atoms with Crippen molar-refractivity contribution in [3.63, 3.8) is 0 Å². The highest BCUT2D eigenvalue weighted by Gasteiger charge is 2.08. The van der Waals surface area contributed by atoms with E-state index in [1.807, 2.05) is 30.3 Å². The normalized spacial score (nSPS) is 13.1. The second-order valence-corrected chi connectivity index (χ2v) is 11.3. The van der Waals surface area contributed by atoms with Gasteiger partial charge in [0.05, 0.1) is 14.7 Å². The van der Waals surface area contributed by atoms with Gasteiger partial charge in [0.15, 0.2) is 0 Å². The van der Waals surface area contributed by atoms with Gasteiger partial charge in [-0.15, -0.1) is 0 Å². The highest BCUT2D eigenvalue weighted by Crippen LogP contribution is 2.10. The maximum absolute atomic E-state index is 8.63. The summed E-state index contributed by atoms with van der Waals surface area (Å²) >= 11 is 0. The minimum Gasteiger partial charge on any atom is -0.377 e. The summed E-state index contributed by atoms with van der Waals surface area (Å²) in [5.74, 6) is 0. The van der Waals surface area contributed by atoms with Crippen molar-refractivity contribution in [2.45, 2.75) is 45.1 Å². The van der Waals surface area contributed by atoms with E-state index < -0.39 is 8.07 Å². The molecule has 21 heavy (non-hydrogen) atoms. The highest BCUT2D eigenvalue weighted by atomic mass is 28.3. The molecule has 0 N–H and O–H groups in total. The fraction of sp³-hybridized carbons (Fsp3) is 0.500. The van der Waals surface area contributed by atoms with Gasteiger partial charge in [0.25, 0.3) is 0 Å². The molecule has 0 radical (unpaired) electrons. The topological polar surface area (TPSA) is 58.0 Å². The molecule has 5 heteroatoms. The number of azide groups is 1. The first-order chi connectivity index (χ1) is 10.0. The maximum atomic E-state index is 8.63. The molecule has 1 aromatic rings. The van der Waals surface area contributed by atoms with Crippen LogP contribution in [0, 0.1) is 0 Å². The quantitative estimate of drug-likeness (QED) is 0.206. The summed E-state index contributed by atoms with van der Waals surface area (Å²) in [5, 5.41) is 3.85. The third kappa shape index (κ3) is 9.08. The molecule has 0 aliphatic carbocycles. The third-order valence-corrected chi connectivity index (χ3v) is 4.18. The summed E-state index contributed by atoms with van der Waals surface area (Å²) < 4.78 is 5.65. The minimum atomic E-state index is -1.18. The Bertz CT molecular complexity index is 476. The van der Waals surface area contributed by atoms with Crippen molar-refractivity contribution in [1.29, 1.82) is 0 Å². The van der Waals surface area contributed by atoms with E-state index in [0.29, 0.717) is 13.2 Å². The lowest BCUT2D eigenvalue weighted by Gasteiger charge is -2.11. The standard InChI is InChI=1S/C16H25N3OSi/c1-21(2,3)13-7-10-16(18-19-17)11-12-20-14-15-8-5-4-6-9-15/h4-9,13,16H,10-12,14H2,1-3H3/b13-7-. The molecular formula is C16H25N3OSi. The zero-order chi connectivity index (χ0) is 15.6. The summed E-state index contributed by atoms with van der Waals surface area (Å²) in [6.45, 7) is 8.08. The molecular weight excluding hydrogens is 278 g/mol. The Morgan fingerprint density at radius 1 is 1.29 bits per heavy atom. The molecule has 4 nitrogen and oxygen atoms in total. The van der Waals surface area contributed by atoms with Gasteiger partial charge in [0.2, 0.25) is 0 Å². The SMILES string of the molecule is C[Si](C)(C)/C=C\CC(CCOCc1ccccc1)N=[N+]=[N-]. The number of nitrogens with zero attached hydrogens (tertiary/aromatic N) is 3. The maximum Gasteiger partial charge on any atom is 0.0716 e. The zero-order valence-electron chi connectivity index (χ0n) is 13.2. The van der Waals surface area contributed by atoms with Gasteiger partial charge in [0, 0.05) is 17.6 Å². The van der Waals surface area contributed by atoms with E-state index in [1.165, 1.54) is 0 Å². The van der Waals surface area contributed by atoms with Crippen LogP contribution in [0.4, 0.5) is 0 Å². The van der Waals surface area contributed by atoms with Crippen molar-refractivity contribution in [2.75, 3.05) is 6.61 Å². The van der Waals surface area contributed by atoms with Crippen LogP contribution in [0.3, 0.4) is 0 Å². The molecule has 0 saturated heterocycles. The van der Waals surface area contributed by atoms with Crippen molar-refractivity contribution in [3.8, 4) is 0 Å². The second-order valence-electron chi connectivity index (χ2n) is 6.19. The van der Waals surface area contributed by atoms with Crippen LogP contribution in [0.5, 0.6) is 0 Å². The van der Waals surface area contributed by atoms with Crippen molar-refractivity contribution >= 4 is 8.07 Å². The monoisotopic (exact) mass is 303 g/mol. The Labute approximate surface area is 128 Å². The van der Waals surface area contributed by atoms with Crippen LogP contribution >= 0.6 is 0 Å². The summed E-state index contributed by atoms with van der Waals surface area (Å²) in [7, 11) is -1.18. The van der Waals surface area contributed by atoms with Crippen LogP contribution in [-0.2, 0) is 11.3 Å². The average Bonchev–Trinajstić information content (AvgIpc) is 2.43. The third-order valence-electron chi connectivity index (χ3n) is 2.95. The van der Waals surface area contributed by atoms with Gasteiger partial charge in [-0.05, 0) is 23.9 Å². The van der Waals surface area contributed by atoms with E-state index >= 15 is 0 Å². The lowest BCUT2D eigenvalue weighted by Crippen LogP contribution is -2.16. The minimum absolute atomic E-state index is 0.0154. The fourth-order valence-corrected chi connectivity index (χ4v) is 2.70. The molecule has 0 saturated carbocycles. The molecule has 1 rings (SSSR count). The number of hydrogen-bond acceptors (Lipinski definition) is 2. The van der Waals surface area contributed by atoms with Crippen LogP contribution in [0.25, 0.3) is 10.4 Å². The first-order valence-corrected chi connectivity index (χ1v) is 10.9. The van der Waals surface area contributed by atoms with Gasteiger partial charge < -0.3 is 4.74 Å². The van der Waals surface area contributed by atoms with Crippen molar-refractivity contribution in [1.82, 2.24) is 0 Å². The van der Waals surface area contributed by atoms with E-state index in [9.17, 15) is 0 Å². The van der Waals surface area contributed by atoms with E-state index in [4.69, 9.17) is 10.3 Å². The van der Waals surface area contributed by atoms with Crippen LogP contribution in [0.15, 0.2) is 47.2 Å². The van der Waals surface area contributed by atoms with Crippen molar-refractivity contribution in [2.24, 2.45) is 5.11 Å². The summed E-state index contributed by atoms with van der Waals surface area (Å²) in [5.41, 5.74) is 12.1. The highest BCUT2D eigenvalue weighted by molar-refractivity contribution is 6.80. The van der Waals surface area contributed by atoms with Crippen molar-refractivity contribution < 1.29 is 4.74 Å². The Balaban J connectivity index is 2.31. The van der Waals surface area contributed by atoms with Gasteiger partial charge in [-0.25, -0.2) is 0 Å². The molecule has 0 spiro atoms. The smallest absolute Gasteiger partial charge is 0.0716 e. The molecule has 1 atom stereocenters. The Morgan fingerprint density at radius 3 is 2.62 bits per heavy atom. The summed E-state index contributed by atoms with van der Waals surface area (Å²) in [4.78, 5) is 2.93. The largest absolute Gasteiger partial charge is 0.377 e. The summed E-state index contributed by atoms with van der Waals surface area (Å²) in [6.07, 6.45) is 3.71. The molecule has 1 aromatic carbocycles. The Kier molecular flexibility index (Phi) is 7.83. The number of benzene rings is 1.